The number of hydrogen-bond donors (Lipinski definition) is 0. The smallest absolute Gasteiger partial charge is 0.153 e. The highest BCUT2D eigenvalue weighted by Crippen LogP contribution is 2.25. The van der Waals surface area contributed by atoms with E-state index in [2.05, 4.69) is 38.0 Å². The third kappa shape index (κ3) is 2.35. The summed E-state index contributed by atoms with van der Waals surface area (Å²) in [6, 6.07) is 6.20. The first-order valence-electron chi connectivity index (χ1n) is 6.26. The maximum Gasteiger partial charge on any atom is 0.153 e. The summed E-state index contributed by atoms with van der Waals surface area (Å²) in [6.45, 7) is 7.05. The van der Waals surface area contributed by atoms with E-state index < -0.39 is 0 Å². The molecule has 0 aliphatic rings. The second-order valence-electron chi connectivity index (χ2n) is 4.63. The van der Waals surface area contributed by atoms with Gasteiger partial charge in [-0.05, 0) is 25.8 Å². The van der Waals surface area contributed by atoms with Gasteiger partial charge >= 0.3 is 0 Å². The van der Waals surface area contributed by atoms with E-state index in [1.807, 2.05) is 16.9 Å². The molecule has 2 rings (SSSR count). The Morgan fingerprint density at radius 3 is 2.72 bits per heavy atom. The Bertz CT molecular complexity index is 570. The Morgan fingerprint density at radius 1 is 1.33 bits per heavy atom. The average Bonchev–Trinajstić information content (AvgIpc) is 2.72. The third-order valence-corrected chi connectivity index (χ3v) is 3.01. The Balaban J connectivity index is 2.51. The van der Waals surface area contributed by atoms with E-state index >= 15 is 0 Å². The molecule has 2 aromatic rings. The lowest BCUT2D eigenvalue weighted by molar-refractivity contribution is 0.112. The molecule has 0 spiro atoms. The van der Waals surface area contributed by atoms with Crippen molar-refractivity contribution < 1.29 is 4.79 Å². The van der Waals surface area contributed by atoms with Crippen LogP contribution >= 0.6 is 0 Å². The minimum Gasteiger partial charge on any atom is -0.298 e. The quantitative estimate of drug-likeness (QED) is 0.770. The van der Waals surface area contributed by atoms with Gasteiger partial charge in [0.1, 0.15) is 5.69 Å². The number of carbonyl (C=O) groups is 1. The van der Waals surface area contributed by atoms with Crippen molar-refractivity contribution in [2.75, 3.05) is 0 Å². The fourth-order valence-electron chi connectivity index (χ4n) is 2.16. The van der Waals surface area contributed by atoms with E-state index in [1.165, 1.54) is 5.56 Å². The highest BCUT2D eigenvalue weighted by Gasteiger charge is 2.12. The summed E-state index contributed by atoms with van der Waals surface area (Å²) in [7, 11) is 0. The largest absolute Gasteiger partial charge is 0.298 e. The number of benzene rings is 1. The Hall–Kier alpha value is -1.90. The van der Waals surface area contributed by atoms with Crippen LogP contribution in [0.2, 0.25) is 0 Å². The van der Waals surface area contributed by atoms with Crippen molar-refractivity contribution in [3.63, 3.8) is 0 Å². The molecule has 0 amide bonds. The summed E-state index contributed by atoms with van der Waals surface area (Å²) < 4.78 is 1.85. The highest BCUT2D eigenvalue weighted by molar-refractivity contribution is 5.86. The molecule has 1 aromatic heterocycles. The molecule has 3 nitrogen and oxygen atoms in total. The van der Waals surface area contributed by atoms with Crippen LogP contribution < -0.4 is 0 Å². The first-order chi connectivity index (χ1) is 8.65. The van der Waals surface area contributed by atoms with Crippen LogP contribution in [0.4, 0.5) is 0 Å². The van der Waals surface area contributed by atoms with Gasteiger partial charge in [0.15, 0.2) is 6.29 Å². The summed E-state index contributed by atoms with van der Waals surface area (Å²) in [5, 5.41) is 4.52. The summed E-state index contributed by atoms with van der Waals surface area (Å²) in [4.78, 5) is 11.1. The van der Waals surface area contributed by atoms with Crippen molar-refractivity contribution in [1.29, 1.82) is 0 Å². The molecule has 0 radical (unpaired) electrons. The van der Waals surface area contributed by atoms with Crippen LogP contribution in [-0.4, -0.2) is 16.1 Å². The molecule has 0 fully saturated rings. The summed E-state index contributed by atoms with van der Waals surface area (Å²) >= 11 is 0. The van der Waals surface area contributed by atoms with Crippen molar-refractivity contribution in [3.05, 3.63) is 41.1 Å². The SMILES string of the molecule is CCCn1cc(C=O)c(-c2ccc(C)cc2C)n1. The van der Waals surface area contributed by atoms with E-state index in [-0.39, 0.29) is 0 Å². The second kappa shape index (κ2) is 5.17. The van der Waals surface area contributed by atoms with Gasteiger partial charge in [0, 0.05) is 18.3 Å². The molecule has 0 saturated heterocycles. The fourth-order valence-corrected chi connectivity index (χ4v) is 2.16. The van der Waals surface area contributed by atoms with Crippen LogP contribution in [0.25, 0.3) is 11.3 Å². The monoisotopic (exact) mass is 242 g/mol. The number of aryl methyl sites for hydroxylation is 3. The van der Waals surface area contributed by atoms with Gasteiger partial charge in [0.05, 0.1) is 5.56 Å². The fraction of sp³-hybridized carbons (Fsp3) is 0.333. The van der Waals surface area contributed by atoms with Gasteiger partial charge in [0.25, 0.3) is 0 Å². The van der Waals surface area contributed by atoms with Crippen LogP contribution in [0, 0.1) is 13.8 Å². The van der Waals surface area contributed by atoms with Crippen molar-refractivity contribution in [2.24, 2.45) is 0 Å². The third-order valence-electron chi connectivity index (χ3n) is 3.01. The Kier molecular flexibility index (Phi) is 3.60. The molecule has 0 aliphatic heterocycles. The number of nitrogens with zero attached hydrogens (tertiary/aromatic N) is 2. The van der Waals surface area contributed by atoms with Gasteiger partial charge in [-0.25, -0.2) is 0 Å². The van der Waals surface area contributed by atoms with Gasteiger partial charge < -0.3 is 0 Å². The van der Waals surface area contributed by atoms with Crippen LogP contribution in [0.1, 0.15) is 34.8 Å². The first kappa shape index (κ1) is 12.6. The lowest BCUT2D eigenvalue weighted by atomic mass is 10.0. The normalized spacial score (nSPS) is 10.6. The van der Waals surface area contributed by atoms with Crippen molar-refractivity contribution >= 4 is 6.29 Å². The highest BCUT2D eigenvalue weighted by atomic mass is 16.1. The summed E-state index contributed by atoms with van der Waals surface area (Å²) in [5.74, 6) is 0. The molecule has 0 aliphatic carbocycles. The molecular formula is C15H18N2O. The van der Waals surface area contributed by atoms with E-state index in [1.54, 1.807) is 0 Å². The van der Waals surface area contributed by atoms with Crippen molar-refractivity contribution in [3.8, 4) is 11.3 Å². The standard InChI is InChI=1S/C15H18N2O/c1-4-7-17-9-13(10-18)15(16-17)14-6-5-11(2)8-12(14)3/h5-6,8-10H,4,7H2,1-3H3. The van der Waals surface area contributed by atoms with Crippen molar-refractivity contribution in [2.45, 2.75) is 33.7 Å². The average molecular weight is 242 g/mol. The topological polar surface area (TPSA) is 34.9 Å². The zero-order valence-corrected chi connectivity index (χ0v) is 11.1. The first-order valence-corrected chi connectivity index (χ1v) is 6.26. The number of carbonyl (C=O) groups excluding carboxylic acids is 1. The lowest BCUT2D eigenvalue weighted by Crippen LogP contribution is -1.97. The van der Waals surface area contributed by atoms with Crippen LogP contribution in [-0.2, 0) is 6.54 Å². The zero-order chi connectivity index (χ0) is 13.1. The van der Waals surface area contributed by atoms with Gasteiger partial charge in [0.2, 0.25) is 0 Å². The van der Waals surface area contributed by atoms with E-state index in [0.29, 0.717) is 5.56 Å². The van der Waals surface area contributed by atoms with Gasteiger partial charge in [-0.3, -0.25) is 9.48 Å². The molecule has 0 unspecified atom stereocenters. The molecule has 0 atom stereocenters. The molecule has 1 aromatic carbocycles. The van der Waals surface area contributed by atoms with Crippen molar-refractivity contribution in [1.82, 2.24) is 9.78 Å². The number of rotatable bonds is 4. The molecule has 0 N–H and O–H groups in total. The second-order valence-corrected chi connectivity index (χ2v) is 4.63. The maximum atomic E-state index is 11.1. The predicted octanol–water partition coefficient (Wildman–Crippen LogP) is 3.39. The molecule has 18 heavy (non-hydrogen) atoms. The van der Waals surface area contributed by atoms with E-state index in [4.69, 9.17) is 0 Å². The number of hydrogen-bond acceptors (Lipinski definition) is 2. The summed E-state index contributed by atoms with van der Waals surface area (Å²) in [6.07, 6.45) is 3.71. The molecular weight excluding hydrogens is 224 g/mol. The van der Waals surface area contributed by atoms with Gasteiger partial charge in [-0.2, -0.15) is 5.10 Å². The predicted molar refractivity (Wildman–Crippen MR) is 72.8 cm³/mol. The van der Waals surface area contributed by atoms with E-state index in [0.717, 1.165) is 36.1 Å². The van der Waals surface area contributed by atoms with Crippen LogP contribution in [0.3, 0.4) is 0 Å². The Morgan fingerprint density at radius 2 is 2.11 bits per heavy atom. The molecule has 94 valence electrons. The molecule has 1 heterocycles. The lowest BCUT2D eigenvalue weighted by Gasteiger charge is -2.04. The maximum absolute atomic E-state index is 11.1. The molecule has 0 bridgehead atoms. The van der Waals surface area contributed by atoms with Crippen LogP contribution in [0.5, 0.6) is 0 Å². The van der Waals surface area contributed by atoms with Gasteiger partial charge in [-0.1, -0.05) is 30.7 Å². The minimum atomic E-state index is 0.662. The zero-order valence-electron chi connectivity index (χ0n) is 11.1. The number of aromatic nitrogens is 2. The minimum absolute atomic E-state index is 0.662. The number of aldehydes is 1. The molecule has 0 saturated carbocycles. The Labute approximate surface area is 107 Å². The van der Waals surface area contributed by atoms with E-state index in [9.17, 15) is 4.79 Å². The summed E-state index contributed by atoms with van der Waals surface area (Å²) in [5.41, 5.74) is 4.86. The molecule has 3 heteroatoms. The van der Waals surface area contributed by atoms with Crippen LogP contribution in [0.15, 0.2) is 24.4 Å². The van der Waals surface area contributed by atoms with Gasteiger partial charge in [-0.15, -0.1) is 0 Å².